The predicted octanol–water partition coefficient (Wildman–Crippen LogP) is 2.27. The van der Waals surface area contributed by atoms with Crippen molar-refractivity contribution in [2.45, 2.75) is 58.7 Å². The minimum absolute atomic E-state index is 0.0847. The molecule has 8 heteroatoms. The van der Waals surface area contributed by atoms with E-state index in [1.165, 1.54) is 0 Å². The van der Waals surface area contributed by atoms with Gasteiger partial charge in [-0.25, -0.2) is 0 Å². The maximum atomic E-state index is 13.8. The lowest BCUT2D eigenvalue weighted by Crippen LogP contribution is -2.60. The minimum Gasteiger partial charge on any atom is -0.353 e. The lowest BCUT2D eigenvalue weighted by Gasteiger charge is -2.45. The molecule has 34 heavy (non-hydrogen) atoms. The van der Waals surface area contributed by atoms with Crippen molar-refractivity contribution in [3.63, 3.8) is 0 Å². The topological polar surface area (TPSA) is 82.2 Å². The van der Waals surface area contributed by atoms with Gasteiger partial charge >= 0.3 is 0 Å². The van der Waals surface area contributed by atoms with Crippen LogP contribution in [0.3, 0.4) is 0 Å². The van der Waals surface area contributed by atoms with E-state index in [0.29, 0.717) is 51.0 Å². The monoisotopic (exact) mass is 472 g/mol. The smallest absolute Gasteiger partial charge is 0.257 e. The number of hydrogen-bond donors (Lipinski definition) is 1. The zero-order valence-corrected chi connectivity index (χ0v) is 21.5. The molecule has 1 aromatic carbocycles. The van der Waals surface area contributed by atoms with Crippen LogP contribution in [-0.4, -0.2) is 91.1 Å². The van der Waals surface area contributed by atoms with Crippen LogP contribution in [0.25, 0.3) is 0 Å². The normalized spacial score (nSPS) is 20.1. The molecular formula is C26H40N4O4. The number of nitrogens with zero attached hydrogens (tertiary/aromatic N) is 3. The zero-order chi connectivity index (χ0) is 25.1. The number of amides is 3. The first kappa shape index (κ1) is 26.2. The second kappa shape index (κ2) is 10.4. The molecule has 1 atom stereocenters. The number of aryl methyl sites for hydroxylation is 1. The fourth-order valence-corrected chi connectivity index (χ4v) is 4.70. The van der Waals surface area contributed by atoms with Gasteiger partial charge in [0.15, 0.2) is 0 Å². The van der Waals surface area contributed by atoms with Gasteiger partial charge in [-0.3, -0.25) is 19.3 Å². The molecule has 2 fully saturated rings. The first-order chi connectivity index (χ1) is 15.9. The van der Waals surface area contributed by atoms with Crippen LogP contribution in [0.4, 0.5) is 0 Å². The number of carbonyl (C=O) groups excluding carboxylic acids is 3. The Bertz CT molecular complexity index is 900. The molecule has 3 amide bonds. The van der Waals surface area contributed by atoms with Crippen LogP contribution in [0.2, 0.25) is 0 Å². The Morgan fingerprint density at radius 2 is 1.79 bits per heavy atom. The number of ether oxygens (including phenoxy) is 1. The van der Waals surface area contributed by atoms with Crippen molar-refractivity contribution in [2.24, 2.45) is 5.41 Å². The SMILES string of the molecule is Cc1ccccc1C(=O)N1C(C(=O)NCCN(C)C)COC12CCN(C(=O)CC(C)(C)C)CC2. The summed E-state index contributed by atoms with van der Waals surface area (Å²) >= 11 is 0. The summed E-state index contributed by atoms with van der Waals surface area (Å²) < 4.78 is 6.26. The lowest BCUT2D eigenvalue weighted by molar-refractivity contribution is -0.145. The molecule has 1 N–H and O–H groups in total. The summed E-state index contributed by atoms with van der Waals surface area (Å²) in [6, 6.07) is 6.73. The molecule has 3 rings (SSSR count). The number of benzene rings is 1. The van der Waals surface area contributed by atoms with Crippen molar-refractivity contribution in [1.29, 1.82) is 0 Å². The maximum Gasteiger partial charge on any atom is 0.257 e. The number of likely N-dealkylation sites (N-methyl/N-ethyl adjacent to an activating group) is 1. The molecule has 8 nitrogen and oxygen atoms in total. The summed E-state index contributed by atoms with van der Waals surface area (Å²) in [7, 11) is 3.89. The van der Waals surface area contributed by atoms with E-state index >= 15 is 0 Å². The molecule has 0 aromatic heterocycles. The highest BCUT2D eigenvalue weighted by Gasteiger charge is 2.54. The quantitative estimate of drug-likeness (QED) is 0.687. The van der Waals surface area contributed by atoms with Gasteiger partial charge in [-0.15, -0.1) is 0 Å². The van der Waals surface area contributed by atoms with E-state index < -0.39 is 11.8 Å². The van der Waals surface area contributed by atoms with Crippen LogP contribution >= 0.6 is 0 Å². The summed E-state index contributed by atoms with van der Waals surface area (Å²) in [5, 5.41) is 2.96. The summed E-state index contributed by atoms with van der Waals surface area (Å²) in [6.07, 6.45) is 1.45. The van der Waals surface area contributed by atoms with E-state index in [1.54, 1.807) is 11.0 Å². The fourth-order valence-electron chi connectivity index (χ4n) is 4.70. The Morgan fingerprint density at radius 1 is 1.15 bits per heavy atom. The molecule has 2 aliphatic rings. The molecule has 2 aliphatic heterocycles. The summed E-state index contributed by atoms with van der Waals surface area (Å²) in [5.74, 6) is -0.278. The van der Waals surface area contributed by atoms with E-state index in [-0.39, 0.29) is 29.7 Å². The van der Waals surface area contributed by atoms with Gasteiger partial charge in [0.05, 0.1) is 6.61 Å². The van der Waals surface area contributed by atoms with Gasteiger partial charge in [-0.1, -0.05) is 39.0 Å². The number of carbonyl (C=O) groups is 3. The third kappa shape index (κ3) is 5.96. The number of likely N-dealkylation sites (tertiary alicyclic amines) is 1. The molecule has 0 saturated carbocycles. The number of rotatable bonds is 6. The highest BCUT2D eigenvalue weighted by Crippen LogP contribution is 2.39. The fraction of sp³-hybridized carbons (Fsp3) is 0.654. The summed E-state index contributed by atoms with van der Waals surface area (Å²) in [6.45, 7) is 10.4. The summed E-state index contributed by atoms with van der Waals surface area (Å²) in [4.78, 5) is 45.3. The van der Waals surface area contributed by atoms with Gasteiger partial charge < -0.3 is 19.9 Å². The largest absolute Gasteiger partial charge is 0.353 e. The van der Waals surface area contributed by atoms with Gasteiger partial charge in [-0.05, 0) is 38.1 Å². The predicted molar refractivity (Wildman–Crippen MR) is 131 cm³/mol. The number of piperidine rings is 1. The Hall–Kier alpha value is -2.45. The van der Waals surface area contributed by atoms with Crippen LogP contribution < -0.4 is 5.32 Å². The van der Waals surface area contributed by atoms with Crippen molar-refractivity contribution in [2.75, 3.05) is 46.9 Å². The molecule has 1 aromatic rings. The third-order valence-electron chi connectivity index (χ3n) is 6.59. The zero-order valence-electron chi connectivity index (χ0n) is 21.5. The van der Waals surface area contributed by atoms with E-state index in [9.17, 15) is 14.4 Å². The molecule has 1 spiro atoms. The Morgan fingerprint density at radius 3 is 2.38 bits per heavy atom. The lowest BCUT2D eigenvalue weighted by atomic mass is 9.90. The van der Waals surface area contributed by atoms with E-state index in [2.05, 4.69) is 26.1 Å². The standard InChI is InChI=1S/C26H40N4O4/c1-19-9-7-8-10-20(19)24(33)30-21(23(32)27-13-16-28(5)6)18-34-26(30)11-14-29(15-12-26)22(31)17-25(2,3)4/h7-10,21H,11-18H2,1-6H3,(H,27,32). The maximum absolute atomic E-state index is 13.8. The van der Waals surface area contributed by atoms with Crippen molar-refractivity contribution >= 4 is 17.7 Å². The van der Waals surface area contributed by atoms with Gasteiger partial charge in [0, 0.05) is 51.0 Å². The van der Waals surface area contributed by atoms with Crippen molar-refractivity contribution in [3.05, 3.63) is 35.4 Å². The van der Waals surface area contributed by atoms with Crippen molar-refractivity contribution in [3.8, 4) is 0 Å². The second-order valence-corrected chi connectivity index (χ2v) is 11.0. The van der Waals surface area contributed by atoms with Crippen LogP contribution in [0, 0.1) is 12.3 Å². The third-order valence-corrected chi connectivity index (χ3v) is 6.59. The molecule has 0 bridgehead atoms. The average Bonchev–Trinajstić information content (AvgIpc) is 3.11. The summed E-state index contributed by atoms with van der Waals surface area (Å²) in [5.41, 5.74) is 0.462. The molecule has 0 radical (unpaired) electrons. The molecule has 2 heterocycles. The molecule has 0 aliphatic carbocycles. The Kier molecular flexibility index (Phi) is 8.03. The van der Waals surface area contributed by atoms with Crippen LogP contribution in [0.15, 0.2) is 24.3 Å². The molecule has 188 valence electrons. The van der Waals surface area contributed by atoms with E-state index in [4.69, 9.17) is 4.74 Å². The molecule has 2 saturated heterocycles. The average molecular weight is 473 g/mol. The highest BCUT2D eigenvalue weighted by molar-refractivity contribution is 5.99. The Balaban J connectivity index is 1.82. The van der Waals surface area contributed by atoms with Crippen LogP contribution in [-0.2, 0) is 14.3 Å². The van der Waals surface area contributed by atoms with Crippen LogP contribution in [0.5, 0.6) is 0 Å². The minimum atomic E-state index is -0.887. The van der Waals surface area contributed by atoms with Gasteiger partial charge in [0.2, 0.25) is 11.8 Å². The highest BCUT2D eigenvalue weighted by atomic mass is 16.5. The van der Waals surface area contributed by atoms with Gasteiger partial charge in [0.1, 0.15) is 11.8 Å². The first-order valence-electron chi connectivity index (χ1n) is 12.2. The van der Waals surface area contributed by atoms with E-state index in [1.807, 2.05) is 49.0 Å². The number of nitrogens with one attached hydrogen (secondary N) is 1. The van der Waals surface area contributed by atoms with E-state index in [0.717, 1.165) is 5.56 Å². The van der Waals surface area contributed by atoms with Gasteiger partial charge in [0.25, 0.3) is 5.91 Å². The van der Waals surface area contributed by atoms with Gasteiger partial charge in [-0.2, -0.15) is 0 Å². The van der Waals surface area contributed by atoms with Crippen LogP contribution in [0.1, 0.15) is 56.0 Å². The first-order valence-corrected chi connectivity index (χ1v) is 12.2. The molecular weight excluding hydrogens is 432 g/mol. The van der Waals surface area contributed by atoms with Crippen molar-refractivity contribution in [1.82, 2.24) is 20.0 Å². The van der Waals surface area contributed by atoms with Crippen molar-refractivity contribution < 1.29 is 19.1 Å². The number of hydrogen-bond acceptors (Lipinski definition) is 5. The Labute approximate surface area is 203 Å². The second-order valence-electron chi connectivity index (χ2n) is 11.0. The molecule has 1 unspecified atom stereocenters.